The molecule has 0 bridgehead atoms. The maximum Gasteiger partial charge on any atom is 0.143 e. The minimum absolute atomic E-state index is 0.550. The highest BCUT2D eigenvalue weighted by molar-refractivity contribution is 6.36. The molecule has 0 atom stereocenters. The van der Waals surface area contributed by atoms with E-state index in [2.05, 4.69) is 18.3 Å². The van der Waals surface area contributed by atoms with E-state index in [0.717, 1.165) is 17.0 Å². The fourth-order valence-corrected chi connectivity index (χ4v) is 1.85. The fraction of sp³-hybridized carbons (Fsp3) is 0.308. The van der Waals surface area contributed by atoms with Gasteiger partial charge in [0, 0.05) is 22.1 Å². The lowest BCUT2D eigenvalue weighted by Crippen LogP contribution is -1.87. The fourth-order valence-electron chi connectivity index (χ4n) is 1.67. The van der Waals surface area contributed by atoms with E-state index in [1.807, 2.05) is 6.92 Å². The SMILES string of the molecule is C=C/C=C(/Cl)C(=C)c1noc(C2CC2)c1C. The average Bonchev–Trinajstić information content (AvgIpc) is 3.02. The van der Waals surface area contributed by atoms with Crippen LogP contribution in [0.25, 0.3) is 5.57 Å². The molecule has 0 spiro atoms. The van der Waals surface area contributed by atoms with E-state index >= 15 is 0 Å². The molecule has 16 heavy (non-hydrogen) atoms. The molecule has 0 amide bonds. The van der Waals surface area contributed by atoms with Gasteiger partial charge >= 0.3 is 0 Å². The molecule has 0 aromatic carbocycles. The maximum absolute atomic E-state index is 6.05. The van der Waals surface area contributed by atoms with Crippen molar-refractivity contribution in [2.75, 3.05) is 0 Å². The molecule has 0 saturated heterocycles. The summed E-state index contributed by atoms with van der Waals surface area (Å²) in [4.78, 5) is 0. The number of rotatable bonds is 4. The third-order valence-electron chi connectivity index (χ3n) is 2.75. The molecule has 2 nitrogen and oxygen atoms in total. The Morgan fingerprint density at radius 2 is 2.25 bits per heavy atom. The first-order valence-corrected chi connectivity index (χ1v) is 5.67. The van der Waals surface area contributed by atoms with Gasteiger partial charge in [-0.05, 0) is 25.8 Å². The van der Waals surface area contributed by atoms with Gasteiger partial charge in [-0.25, -0.2) is 0 Å². The van der Waals surface area contributed by atoms with Crippen molar-refractivity contribution >= 4 is 17.2 Å². The lowest BCUT2D eigenvalue weighted by atomic mass is 10.1. The molecular weight excluding hydrogens is 222 g/mol. The van der Waals surface area contributed by atoms with E-state index in [1.54, 1.807) is 12.2 Å². The first kappa shape index (κ1) is 11.2. The molecule has 84 valence electrons. The molecule has 0 N–H and O–H groups in total. The van der Waals surface area contributed by atoms with Crippen LogP contribution >= 0.6 is 11.6 Å². The van der Waals surface area contributed by atoms with Crippen LogP contribution in [0.1, 0.15) is 35.8 Å². The second kappa shape index (κ2) is 4.30. The molecule has 1 aromatic heterocycles. The zero-order valence-electron chi connectivity index (χ0n) is 9.29. The van der Waals surface area contributed by atoms with Crippen molar-refractivity contribution in [3.8, 4) is 0 Å². The highest BCUT2D eigenvalue weighted by Gasteiger charge is 2.31. The standard InChI is InChI=1S/C13H14ClNO/c1-4-5-11(14)8(2)12-9(3)13(16-15-12)10-6-7-10/h4-5,10H,1-2,6-7H2,3H3/b11-5+. The molecular formula is C13H14ClNO. The van der Waals surface area contributed by atoms with E-state index in [1.165, 1.54) is 12.8 Å². The Morgan fingerprint density at radius 1 is 1.56 bits per heavy atom. The first-order chi connectivity index (χ1) is 7.65. The van der Waals surface area contributed by atoms with Gasteiger partial charge in [0.25, 0.3) is 0 Å². The molecule has 1 fully saturated rings. The summed E-state index contributed by atoms with van der Waals surface area (Å²) in [6, 6.07) is 0. The topological polar surface area (TPSA) is 26.0 Å². The summed E-state index contributed by atoms with van der Waals surface area (Å²) in [5.74, 6) is 1.54. The summed E-state index contributed by atoms with van der Waals surface area (Å²) in [5.41, 5.74) is 2.50. The number of hydrogen-bond acceptors (Lipinski definition) is 2. The van der Waals surface area contributed by atoms with Gasteiger partial charge in [-0.1, -0.05) is 36.0 Å². The summed E-state index contributed by atoms with van der Waals surface area (Å²) in [5, 5.41) is 4.60. The molecule has 1 aromatic rings. The van der Waals surface area contributed by atoms with Gasteiger partial charge < -0.3 is 4.52 Å². The van der Waals surface area contributed by atoms with Crippen molar-refractivity contribution < 1.29 is 4.52 Å². The maximum atomic E-state index is 6.05. The second-order valence-electron chi connectivity index (χ2n) is 4.02. The molecule has 1 aliphatic rings. The van der Waals surface area contributed by atoms with Gasteiger partial charge in [0.1, 0.15) is 11.5 Å². The summed E-state index contributed by atoms with van der Waals surface area (Å²) < 4.78 is 5.35. The van der Waals surface area contributed by atoms with Gasteiger partial charge in [0.15, 0.2) is 0 Å². The van der Waals surface area contributed by atoms with Gasteiger partial charge in [0.2, 0.25) is 0 Å². The van der Waals surface area contributed by atoms with Crippen LogP contribution in [0.4, 0.5) is 0 Å². The molecule has 0 aliphatic heterocycles. The van der Waals surface area contributed by atoms with Crippen LogP contribution in [0, 0.1) is 6.92 Å². The number of allylic oxidation sites excluding steroid dienone is 4. The van der Waals surface area contributed by atoms with Crippen LogP contribution in [-0.4, -0.2) is 5.16 Å². The van der Waals surface area contributed by atoms with Crippen molar-refractivity contribution in [3.05, 3.63) is 47.4 Å². The second-order valence-corrected chi connectivity index (χ2v) is 4.43. The quantitative estimate of drug-likeness (QED) is 0.732. The zero-order valence-corrected chi connectivity index (χ0v) is 10.0. The third-order valence-corrected chi connectivity index (χ3v) is 3.10. The number of halogens is 1. The monoisotopic (exact) mass is 235 g/mol. The zero-order chi connectivity index (χ0) is 11.7. The van der Waals surface area contributed by atoms with Gasteiger partial charge in [-0.2, -0.15) is 0 Å². The van der Waals surface area contributed by atoms with Gasteiger partial charge in [0.05, 0.1) is 0 Å². The Morgan fingerprint density at radius 3 is 2.81 bits per heavy atom. The van der Waals surface area contributed by atoms with Crippen molar-refractivity contribution in [2.45, 2.75) is 25.7 Å². The molecule has 2 rings (SSSR count). The predicted octanol–water partition coefficient (Wildman–Crippen LogP) is 4.18. The number of nitrogens with zero attached hydrogens (tertiary/aromatic N) is 1. The predicted molar refractivity (Wildman–Crippen MR) is 66.4 cm³/mol. The highest BCUT2D eigenvalue weighted by Crippen LogP contribution is 2.43. The Bertz CT molecular complexity index is 466. The summed E-state index contributed by atoms with van der Waals surface area (Å²) >= 11 is 6.05. The van der Waals surface area contributed by atoms with Crippen molar-refractivity contribution in [2.24, 2.45) is 0 Å². The molecule has 1 saturated carbocycles. The van der Waals surface area contributed by atoms with Crippen molar-refractivity contribution in [1.82, 2.24) is 5.16 Å². The molecule has 1 heterocycles. The van der Waals surface area contributed by atoms with E-state index in [0.29, 0.717) is 16.5 Å². The minimum Gasteiger partial charge on any atom is -0.360 e. The number of hydrogen-bond donors (Lipinski definition) is 0. The molecule has 1 aliphatic carbocycles. The number of aromatic nitrogens is 1. The van der Waals surface area contributed by atoms with Gasteiger partial charge in [-0.3, -0.25) is 0 Å². The Kier molecular flexibility index (Phi) is 3.01. The molecule has 0 unspecified atom stereocenters. The summed E-state index contributed by atoms with van der Waals surface area (Å²) in [6.07, 6.45) is 5.72. The van der Waals surface area contributed by atoms with Crippen LogP contribution in [0.5, 0.6) is 0 Å². The van der Waals surface area contributed by atoms with E-state index in [4.69, 9.17) is 16.1 Å². The Balaban J connectivity index is 2.30. The van der Waals surface area contributed by atoms with E-state index < -0.39 is 0 Å². The van der Waals surface area contributed by atoms with Gasteiger partial charge in [-0.15, -0.1) is 0 Å². The van der Waals surface area contributed by atoms with Crippen LogP contribution in [0.15, 0.2) is 34.9 Å². The Labute approximate surface area is 100 Å². The summed E-state index contributed by atoms with van der Waals surface area (Å²) in [7, 11) is 0. The largest absolute Gasteiger partial charge is 0.360 e. The molecule has 3 heteroatoms. The van der Waals surface area contributed by atoms with Crippen LogP contribution < -0.4 is 0 Å². The first-order valence-electron chi connectivity index (χ1n) is 5.29. The highest BCUT2D eigenvalue weighted by atomic mass is 35.5. The summed E-state index contributed by atoms with van der Waals surface area (Å²) in [6.45, 7) is 9.53. The smallest absolute Gasteiger partial charge is 0.143 e. The van der Waals surface area contributed by atoms with Crippen molar-refractivity contribution in [1.29, 1.82) is 0 Å². The van der Waals surface area contributed by atoms with E-state index in [9.17, 15) is 0 Å². The molecule has 0 radical (unpaired) electrons. The lowest BCUT2D eigenvalue weighted by molar-refractivity contribution is 0.382. The van der Waals surface area contributed by atoms with Crippen LogP contribution in [0.2, 0.25) is 0 Å². The van der Waals surface area contributed by atoms with Crippen molar-refractivity contribution in [3.63, 3.8) is 0 Å². The van der Waals surface area contributed by atoms with Crippen LogP contribution in [0.3, 0.4) is 0 Å². The Hall–Kier alpha value is -1.28. The normalized spacial score (nSPS) is 16.2. The minimum atomic E-state index is 0.550. The van der Waals surface area contributed by atoms with Crippen LogP contribution in [-0.2, 0) is 0 Å². The third kappa shape index (κ3) is 1.98. The lowest BCUT2D eigenvalue weighted by Gasteiger charge is -2.00. The average molecular weight is 236 g/mol. The van der Waals surface area contributed by atoms with E-state index in [-0.39, 0.29) is 0 Å².